The third kappa shape index (κ3) is 9.96. The fourth-order valence-corrected chi connectivity index (χ4v) is 3.79. The number of benzene rings is 1. The number of carboxylic acids is 1. The predicted octanol–water partition coefficient (Wildman–Crippen LogP) is 7.27. The van der Waals surface area contributed by atoms with Gasteiger partial charge in [-0.25, -0.2) is 9.59 Å². The summed E-state index contributed by atoms with van der Waals surface area (Å²) >= 11 is 0. The molecule has 1 aromatic carbocycles. The van der Waals surface area contributed by atoms with Crippen molar-refractivity contribution in [3.63, 3.8) is 0 Å². The lowest BCUT2D eigenvalue weighted by molar-refractivity contribution is 0.0201. The fourth-order valence-electron chi connectivity index (χ4n) is 3.79. The summed E-state index contributed by atoms with van der Waals surface area (Å²) in [5, 5.41) is 9.37. The Morgan fingerprint density at radius 3 is 2.10 bits per heavy atom. The average molecular weight is 405 g/mol. The number of carbonyl (C=O) groups is 2. The highest BCUT2D eigenvalue weighted by Crippen LogP contribution is 2.24. The minimum Gasteiger partial charge on any atom is -0.478 e. The maximum atomic E-state index is 12.8. The number of rotatable bonds is 16. The Morgan fingerprint density at radius 2 is 1.48 bits per heavy atom. The second-order valence-corrected chi connectivity index (χ2v) is 8.09. The molecule has 0 aliphatic carbocycles. The van der Waals surface area contributed by atoms with Gasteiger partial charge >= 0.3 is 11.9 Å². The smallest absolute Gasteiger partial charge is 0.339 e. The van der Waals surface area contributed by atoms with Crippen molar-refractivity contribution >= 4 is 11.9 Å². The summed E-state index contributed by atoms with van der Waals surface area (Å²) in [6.07, 6.45) is 13.4. The molecule has 1 rings (SSSR count). The topological polar surface area (TPSA) is 63.6 Å². The van der Waals surface area contributed by atoms with Crippen LogP contribution in [-0.2, 0) is 4.74 Å². The van der Waals surface area contributed by atoms with Crippen LogP contribution in [0.15, 0.2) is 24.3 Å². The second kappa shape index (κ2) is 15.1. The van der Waals surface area contributed by atoms with Crippen LogP contribution in [0, 0.1) is 5.92 Å². The Balaban J connectivity index is 2.75. The van der Waals surface area contributed by atoms with Crippen molar-refractivity contribution in [2.45, 2.75) is 104 Å². The van der Waals surface area contributed by atoms with Crippen LogP contribution in [-0.4, -0.2) is 23.1 Å². The van der Waals surface area contributed by atoms with Gasteiger partial charge in [0, 0.05) is 0 Å². The van der Waals surface area contributed by atoms with E-state index in [1.54, 1.807) is 18.2 Å². The van der Waals surface area contributed by atoms with E-state index in [4.69, 9.17) is 4.74 Å². The van der Waals surface area contributed by atoms with Gasteiger partial charge in [0.25, 0.3) is 0 Å². The molecule has 29 heavy (non-hydrogen) atoms. The van der Waals surface area contributed by atoms with E-state index < -0.39 is 11.9 Å². The van der Waals surface area contributed by atoms with E-state index in [0.29, 0.717) is 5.92 Å². The highest BCUT2D eigenvalue weighted by Gasteiger charge is 2.23. The Hall–Kier alpha value is -1.84. The van der Waals surface area contributed by atoms with E-state index in [1.807, 2.05) is 0 Å². The van der Waals surface area contributed by atoms with Gasteiger partial charge in [0.1, 0.15) is 6.10 Å². The van der Waals surface area contributed by atoms with Gasteiger partial charge in [-0.05, 0) is 37.3 Å². The van der Waals surface area contributed by atoms with Crippen molar-refractivity contribution in [1.29, 1.82) is 0 Å². The number of carbonyl (C=O) groups excluding carboxylic acids is 1. The molecule has 0 bridgehead atoms. The molecule has 0 spiro atoms. The fraction of sp³-hybridized carbons (Fsp3) is 0.680. The number of aromatic carboxylic acids is 1. The van der Waals surface area contributed by atoms with Crippen molar-refractivity contribution in [2.24, 2.45) is 5.92 Å². The zero-order chi connectivity index (χ0) is 21.5. The number of hydrogen-bond donors (Lipinski definition) is 1. The van der Waals surface area contributed by atoms with Gasteiger partial charge in [-0.3, -0.25) is 0 Å². The second-order valence-electron chi connectivity index (χ2n) is 8.09. The van der Waals surface area contributed by atoms with Crippen LogP contribution in [0.1, 0.15) is 119 Å². The number of carboxylic acid groups (broad SMARTS) is 1. The molecule has 0 saturated carbocycles. The van der Waals surface area contributed by atoms with E-state index in [9.17, 15) is 14.7 Å². The zero-order valence-corrected chi connectivity index (χ0v) is 18.6. The van der Waals surface area contributed by atoms with Gasteiger partial charge in [0.2, 0.25) is 0 Å². The molecule has 0 radical (unpaired) electrons. The molecule has 0 heterocycles. The summed E-state index contributed by atoms with van der Waals surface area (Å²) in [6.45, 7) is 6.61. The molecule has 0 aliphatic heterocycles. The van der Waals surface area contributed by atoms with Crippen LogP contribution in [0.2, 0.25) is 0 Å². The van der Waals surface area contributed by atoms with E-state index in [0.717, 1.165) is 38.5 Å². The lowest BCUT2D eigenvalue weighted by Gasteiger charge is -2.23. The van der Waals surface area contributed by atoms with E-state index >= 15 is 0 Å². The molecular weight excluding hydrogens is 364 g/mol. The van der Waals surface area contributed by atoms with Crippen molar-refractivity contribution < 1.29 is 19.4 Å². The molecule has 1 aromatic rings. The SMILES string of the molecule is CCCCCCCCC(CC(CC)CCCC)OC(=O)c1ccccc1C(=O)O. The molecule has 2 unspecified atom stereocenters. The monoisotopic (exact) mass is 404 g/mol. The van der Waals surface area contributed by atoms with E-state index in [2.05, 4.69) is 20.8 Å². The summed E-state index contributed by atoms with van der Waals surface area (Å²) in [4.78, 5) is 24.2. The summed E-state index contributed by atoms with van der Waals surface area (Å²) in [5.41, 5.74) is 0.156. The first-order valence-corrected chi connectivity index (χ1v) is 11.6. The zero-order valence-electron chi connectivity index (χ0n) is 18.6. The van der Waals surface area contributed by atoms with Crippen molar-refractivity contribution in [1.82, 2.24) is 0 Å². The van der Waals surface area contributed by atoms with Crippen LogP contribution < -0.4 is 0 Å². The van der Waals surface area contributed by atoms with Crippen LogP contribution in [0.4, 0.5) is 0 Å². The van der Waals surface area contributed by atoms with Crippen molar-refractivity contribution in [3.8, 4) is 0 Å². The van der Waals surface area contributed by atoms with Crippen LogP contribution in [0.3, 0.4) is 0 Å². The van der Waals surface area contributed by atoms with Gasteiger partial charge in [0.05, 0.1) is 11.1 Å². The molecule has 0 aromatic heterocycles. The molecule has 4 nitrogen and oxygen atoms in total. The Morgan fingerprint density at radius 1 is 0.862 bits per heavy atom. The largest absolute Gasteiger partial charge is 0.478 e. The van der Waals surface area contributed by atoms with Crippen LogP contribution in [0.25, 0.3) is 0 Å². The Labute approximate surface area is 177 Å². The maximum Gasteiger partial charge on any atom is 0.339 e. The number of esters is 1. The molecule has 0 saturated heterocycles. The maximum absolute atomic E-state index is 12.8. The minimum atomic E-state index is -1.10. The minimum absolute atomic E-state index is 0.00819. The summed E-state index contributed by atoms with van der Waals surface area (Å²) in [6, 6.07) is 6.31. The van der Waals surface area contributed by atoms with Crippen molar-refractivity contribution in [3.05, 3.63) is 35.4 Å². The quantitative estimate of drug-likeness (QED) is 0.232. The number of unbranched alkanes of at least 4 members (excludes halogenated alkanes) is 6. The average Bonchev–Trinajstić information content (AvgIpc) is 2.73. The van der Waals surface area contributed by atoms with Gasteiger partial charge < -0.3 is 9.84 Å². The lowest BCUT2D eigenvalue weighted by Crippen LogP contribution is -2.23. The van der Waals surface area contributed by atoms with Gasteiger partial charge in [0.15, 0.2) is 0 Å². The summed E-state index contributed by atoms with van der Waals surface area (Å²) in [5.74, 6) is -1.06. The van der Waals surface area contributed by atoms with Gasteiger partial charge in [-0.1, -0.05) is 90.7 Å². The van der Waals surface area contributed by atoms with Crippen LogP contribution in [0.5, 0.6) is 0 Å². The highest BCUT2D eigenvalue weighted by molar-refractivity contribution is 6.02. The third-order valence-corrected chi connectivity index (χ3v) is 5.67. The molecule has 4 heteroatoms. The van der Waals surface area contributed by atoms with E-state index in [1.165, 1.54) is 44.6 Å². The first kappa shape index (κ1) is 25.2. The third-order valence-electron chi connectivity index (χ3n) is 5.67. The first-order chi connectivity index (χ1) is 14.0. The number of ether oxygens (including phenoxy) is 1. The first-order valence-electron chi connectivity index (χ1n) is 11.6. The molecule has 164 valence electrons. The molecule has 0 fully saturated rings. The van der Waals surface area contributed by atoms with E-state index in [-0.39, 0.29) is 17.2 Å². The van der Waals surface area contributed by atoms with Gasteiger partial charge in [-0.2, -0.15) is 0 Å². The number of hydrogen-bond acceptors (Lipinski definition) is 3. The molecule has 0 aliphatic rings. The Kier molecular flexibility index (Phi) is 13.1. The van der Waals surface area contributed by atoms with Crippen molar-refractivity contribution in [2.75, 3.05) is 0 Å². The Bertz CT molecular complexity index is 596. The summed E-state index contributed by atoms with van der Waals surface area (Å²) < 4.78 is 5.87. The molecule has 2 atom stereocenters. The summed E-state index contributed by atoms with van der Waals surface area (Å²) in [7, 11) is 0. The predicted molar refractivity (Wildman–Crippen MR) is 119 cm³/mol. The molecule has 1 N–H and O–H groups in total. The van der Waals surface area contributed by atoms with Crippen LogP contribution >= 0.6 is 0 Å². The van der Waals surface area contributed by atoms with Gasteiger partial charge in [-0.15, -0.1) is 0 Å². The standard InChI is InChI=1S/C25H40O4/c1-4-7-9-10-11-12-16-21(19-20(6-3)15-8-5-2)29-25(28)23-18-14-13-17-22(23)24(26)27/h13-14,17-18,20-21H,4-12,15-16,19H2,1-3H3,(H,26,27). The normalized spacial score (nSPS) is 13.1. The highest BCUT2D eigenvalue weighted by atomic mass is 16.5. The molecular formula is C25H40O4. The molecule has 0 amide bonds. The lowest BCUT2D eigenvalue weighted by atomic mass is 9.91.